The zero-order chi connectivity index (χ0) is 23.1. The Morgan fingerprint density at radius 1 is 1.16 bits per heavy atom. The Labute approximate surface area is 188 Å². The number of piperidine rings is 1. The topological polar surface area (TPSA) is 73.0 Å². The van der Waals surface area contributed by atoms with Gasteiger partial charge in [-0.05, 0) is 59.9 Å². The fourth-order valence-electron chi connectivity index (χ4n) is 5.35. The van der Waals surface area contributed by atoms with E-state index >= 15 is 0 Å². The molecule has 2 rings (SSSR count). The fraction of sp³-hybridized carbons (Fsp3) is 0.875. The van der Waals surface area contributed by atoms with Gasteiger partial charge in [0.25, 0.3) is 0 Å². The number of hydrogen-bond donors (Lipinski definition) is 1. The Kier molecular flexibility index (Phi) is 9.94. The smallest absolute Gasteiger partial charge is 0.324 e. The number of likely N-dealkylation sites (tertiary alicyclic amines) is 1. The number of Topliss-reactive ketones (excluding diaryl/α,β-unsaturated/α-hetero) is 1. The van der Waals surface area contributed by atoms with Gasteiger partial charge in [-0.1, -0.05) is 13.3 Å². The molecule has 1 N–H and O–H groups in total. The molecule has 0 radical (unpaired) electrons. The molecule has 1 aliphatic carbocycles. The van der Waals surface area contributed by atoms with Crippen molar-refractivity contribution in [3.8, 4) is 0 Å². The molecule has 2 fully saturated rings. The van der Waals surface area contributed by atoms with Crippen LogP contribution < -0.4 is 5.32 Å². The summed E-state index contributed by atoms with van der Waals surface area (Å²) in [4.78, 5) is 44.4. The molecule has 178 valence electrons. The Morgan fingerprint density at radius 2 is 1.84 bits per heavy atom. The first-order valence-corrected chi connectivity index (χ1v) is 12.2. The van der Waals surface area contributed by atoms with Gasteiger partial charge in [-0.25, -0.2) is 4.79 Å². The van der Waals surface area contributed by atoms with Crippen molar-refractivity contribution in [1.29, 1.82) is 0 Å². The molecular formula is C24H44N4O3. The molecule has 0 aromatic heterocycles. The molecule has 1 saturated carbocycles. The summed E-state index contributed by atoms with van der Waals surface area (Å²) in [6.07, 6.45) is 4.55. The number of unbranched alkanes of at least 4 members (excludes halogenated alkanes) is 1. The second kappa shape index (κ2) is 12.0. The van der Waals surface area contributed by atoms with Gasteiger partial charge in [-0.3, -0.25) is 19.4 Å². The number of imide groups is 1. The van der Waals surface area contributed by atoms with E-state index < -0.39 is 0 Å². The third kappa shape index (κ3) is 7.01. The minimum absolute atomic E-state index is 0.0844. The van der Waals surface area contributed by atoms with Gasteiger partial charge in [0.2, 0.25) is 5.91 Å². The molecule has 0 aromatic carbocycles. The Balaban J connectivity index is 2.00. The number of hydrogen-bond acceptors (Lipinski definition) is 5. The highest BCUT2D eigenvalue weighted by molar-refractivity contribution is 5.95. The lowest BCUT2D eigenvalue weighted by Crippen LogP contribution is -2.55. The van der Waals surface area contributed by atoms with E-state index in [1.54, 1.807) is 0 Å². The van der Waals surface area contributed by atoms with Crippen LogP contribution >= 0.6 is 0 Å². The van der Waals surface area contributed by atoms with E-state index in [1.165, 1.54) is 4.90 Å². The Hall–Kier alpha value is -1.47. The number of urea groups is 1. The monoisotopic (exact) mass is 436 g/mol. The minimum atomic E-state index is -0.282. The number of rotatable bonds is 9. The van der Waals surface area contributed by atoms with Gasteiger partial charge >= 0.3 is 6.03 Å². The average molecular weight is 437 g/mol. The second-order valence-electron chi connectivity index (χ2n) is 9.98. The van der Waals surface area contributed by atoms with E-state index in [9.17, 15) is 14.4 Å². The number of amides is 3. The van der Waals surface area contributed by atoms with Crippen molar-refractivity contribution < 1.29 is 14.4 Å². The minimum Gasteiger partial charge on any atom is -0.336 e. The molecule has 31 heavy (non-hydrogen) atoms. The summed E-state index contributed by atoms with van der Waals surface area (Å²) in [6.45, 7) is 13.1. The molecule has 7 nitrogen and oxygen atoms in total. The van der Waals surface area contributed by atoms with Gasteiger partial charge in [0.1, 0.15) is 5.78 Å². The van der Waals surface area contributed by atoms with Crippen molar-refractivity contribution in [2.45, 2.75) is 91.3 Å². The molecule has 3 amide bonds. The normalized spacial score (nSPS) is 24.5. The molecule has 3 atom stereocenters. The quantitative estimate of drug-likeness (QED) is 0.601. The van der Waals surface area contributed by atoms with Gasteiger partial charge < -0.3 is 10.2 Å². The highest BCUT2D eigenvalue weighted by Gasteiger charge is 2.42. The largest absolute Gasteiger partial charge is 0.336 e. The van der Waals surface area contributed by atoms with Crippen molar-refractivity contribution in [3.05, 3.63) is 0 Å². The van der Waals surface area contributed by atoms with Crippen LogP contribution in [0.15, 0.2) is 0 Å². The molecule has 7 heteroatoms. The number of ketones is 1. The molecule has 1 aliphatic heterocycles. The average Bonchev–Trinajstić information content (AvgIpc) is 2.70. The van der Waals surface area contributed by atoms with Gasteiger partial charge in [0, 0.05) is 57.1 Å². The highest BCUT2D eigenvalue weighted by Crippen LogP contribution is 2.36. The predicted molar refractivity (Wildman–Crippen MR) is 124 cm³/mol. The van der Waals surface area contributed by atoms with Crippen LogP contribution in [0, 0.1) is 11.8 Å². The van der Waals surface area contributed by atoms with Crippen molar-refractivity contribution >= 4 is 17.7 Å². The van der Waals surface area contributed by atoms with E-state index in [1.807, 2.05) is 0 Å². The van der Waals surface area contributed by atoms with Gasteiger partial charge in [0.05, 0.1) is 5.92 Å². The van der Waals surface area contributed by atoms with Crippen LogP contribution in [0.2, 0.25) is 0 Å². The maximum atomic E-state index is 13.4. The molecule has 2 aliphatic rings. The maximum absolute atomic E-state index is 13.4. The third-order valence-electron chi connectivity index (χ3n) is 6.98. The molecular weight excluding hydrogens is 392 g/mol. The van der Waals surface area contributed by atoms with E-state index in [2.05, 4.69) is 56.8 Å². The van der Waals surface area contributed by atoms with E-state index in [0.29, 0.717) is 62.8 Å². The molecule has 0 spiro atoms. The van der Waals surface area contributed by atoms with Crippen molar-refractivity contribution in [2.24, 2.45) is 11.8 Å². The van der Waals surface area contributed by atoms with Crippen molar-refractivity contribution in [3.63, 3.8) is 0 Å². The zero-order valence-electron chi connectivity index (χ0n) is 20.5. The van der Waals surface area contributed by atoms with E-state index in [0.717, 1.165) is 25.8 Å². The second-order valence-corrected chi connectivity index (χ2v) is 9.98. The Morgan fingerprint density at radius 3 is 2.45 bits per heavy atom. The van der Waals surface area contributed by atoms with Crippen LogP contribution in [0.4, 0.5) is 4.79 Å². The SMILES string of the molecule is CCCCN(C(=O)NCCN(C(C)C)C(C)C)C(=O)[C@@H]1C[C@@H]2CC(=O)CC[C@H]2N(C)C1. The number of nitrogens with zero attached hydrogens (tertiary/aromatic N) is 3. The van der Waals surface area contributed by atoms with Gasteiger partial charge in [-0.2, -0.15) is 0 Å². The fourth-order valence-corrected chi connectivity index (χ4v) is 5.35. The van der Waals surface area contributed by atoms with Crippen LogP contribution in [-0.2, 0) is 9.59 Å². The summed E-state index contributed by atoms with van der Waals surface area (Å²) in [5.41, 5.74) is 0. The van der Waals surface area contributed by atoms with Crippen LogP contribution in [0.1, 0.15) is 73.1 Å². The van der Waals surface area contributed by atoms with Crippen LogP contribution in [0.3, 0.4) is 0 Å². The van der Waals surface area contributed by atoms with E-state index in [-0.39, 0.29) is 23.8 Å². The lowest BCUT2D eigenvalue weighted by atomic mass is 9.74. The zero-order valence-corrected chi connectivity index (χ0v) is 20.5. The number of carbonyl (C=O) groups is 3. The standard InChI is InChI=1S/C24H44N4O3/c1-7-8-12-28(24(31)25-11-13-27(17(2)3)18(4)5)23(30)20-14-19-15-21(29)9-10-22(19)26(6)16-20/h17-20,22H,7-16H2,1-6H3,(H,25,31)/t19-,20-,22-/m1/s1. The first-order chi connectivity index (χ1) is 14.6. The first kappa shape index (κ1) is 25.8. The van der Waals surface area contributed by atoms with Crippen molar-refractivity contribution in [2.75, 3.05) is 33.2 Å². The maximum Gasteiger partial charge on any atom is 0.324 e. The summed E-state index contributed by atoms with van der Waals surface area (Å²) >= 11 is 0. The summed E-state index contributed by atoms with van der Waals surface area (Å²) in [7, 11) is 2.05. The van der Waals surface area contributed by atoms with Gasteiger partial charge in [0.15, 0.2) is 0 Å². The number of nitrogens with one attached hydrogen (secondary N) is 1. The molecule has 0 unspecified atom stereocenters. The first-order valence-electron chi connectivity index (χ1n) is 12.2. The molecule has 1 heterocycles. The number of fused-ring (bicyclic) bond motifs is 1. The summed E-state index contributed by atoms with van der Waals surface area (Å²) < 4.78 is 0. The highest BCUT2D eigenvalue weighted by atomic mass is 16.2. The lowest BCUT2D eigenvalue weighted by molar-refractivity contribution is -0.138. The summed E-state index contributed by atoms with van der Waals surface area (Å²) in [5, 5.41) is 2.98. The summed E-state index contributed by atoms with van der Waals surface area (Å²) in [6, 6.07) is 0.908. The predicted octanol–water partition coefficient (Wildman–Crippen LogP) is 3.13. The van der Waals surface area contributed by atoms with Crippen molar-refractivity contribution in [1.82, 2.24) is 20.0 Å². The van der Waals surface area contributed by atoms with Crippen LogP contribution in [-0.4, -0.2) is 83.8 Å². The molecule has 0 aromatic rings. The van der Waals surface area contributed by atoms with Crippen LogP contribution in [0.25, 0.3) is 0 Å². The molecule has 0 bridgehead atoms. The third-order valence-corrected chi connectivity index (χ3v) is 6.98. The summed E-state index contributed by atoms with van der Waals surface area (Å²) in [5.74, 6) is 0.236. The number of carbonyl (C=O) groups excluding carboxylic acids is 3. The van der Waals surface area contributed by atoms with Crippen LogP contribution in [0.5, 0.6) is 0 Å². The lowest BCUT2D eigenvalue weighted by Gasteiger charge is -2.45. The molecule has 1 saturated heterocycles. The van der Waals surface area contributed by atoms with E-state index in [4.69, 9.17) is 0 Å². The Bertz CT molecular complexity index is 614. The van der Waals surface area contributed by atoms with Gasteiger partial charge in [-0.15, -0.1) is 0 Å².